The average molecular weight is 296 g/mol. The molecule has 0 spiro atoms. The molecule has 0 unspecified atom stereocenters. The molecule has 0 saturated heterocycles. The van der Waals surface area contributed by atoms with Crippen LogP contribution in [0.25, 0.3) is 0 Å². The first-order valence-corrected chi connectivity index (χ1v) is 5.46. The van der Waals surface area contributed by atoms with E-state index in [9.17, 15) is 9.90 Å². The molecule has 0 aliphatic heterocycles. The van der Waals surface area contributed by atoms with Crippen LogP contribution < -0.4 is 44.9 Å². The summed E-state index contributed by atoms with van der Waals surface area (Å²) < 4.78 is 0. The zero-order valence-electron chi connectivity index (χ0n) is 10.8. The molecule has 1 aromatic rings. The molecular weight excluding hydrogens is 280 g/mol. The van der Waals surface area contributed by atoms with Crippen molar-refractivity contribution in [3.8, 4) is 5.75 Å². The summed E-state index contributed by atoms with van der Waals surface area (Å²) in [7, 11) is 0. The number of hydrogen-bond acceptors (Lipinski definition) is 7. The lowest BCUT2D eigenvalue weighted by atomic mass is 10.2. The first kappa shape index (κ1) is 15.6. The van der Waals surface area contributed by atoms with Gasteiger partial charge in [0.2, 0.25) is 11.9 Å². The van der Waals surface area contributed by atoms with Gasteiger partial charge in [-0.05, 0) is 18.2 Å². The number of hydrazine groups is 2. The second-order valence-electron chi connectivity index (χ2n) is 3.58. The minimum atomic E-state index is -0.592. The van der Waals surface area contributed by atoms with Crippen molar-refractivity contribution in [3.63, 3.8) is 0 Å². The molecule has 0 bridgehead atoms. The Labute approximate surface area is 119 Å². The fraction of sp³-hybridized carbons (Fsp3) is 0. The van der Waals surface area contributed by atoms with Crippen molar-refractivity contribution < 1.29 is 9.90 Å². The number of phenolic OH excluding ortho intramolecular Hbond substituents is 1. The van der Waals surface area contributed by atoms with Gasteiger partial charge in [0.15, 0.2) is 0 Å². The molecule has 0 atom stereocenters. The number of carbonyl (C=O) groups excluding carboxylic acids is 1. The molecule has 0 aliphatic rings. The van der Waals surface area contributed by atoms with Crippen molar-refractivity contribution in [2.75, 3.05) is 5.43 Å². The summed E-state index contributed by atoms with van der Waals surface area (Å²) in [6.07, 6.45) is 0. The Morgan fingerprint density at radius 3 is 2.52 bits per heavy atom. The van der Waals surface area contributed by atoms with Gasteiger partial charge >= 0.3 is 0 Å². The maximum absolute atomic E-state index is 11.6. The summed E-state index contributed by atoms with van der Waals surface area (Å²) in [6, 6.07) is 4.06. The normalized spacial score (nSPS) is 10.4. The number of phenols is 1. The minimum Gasteiger partial charge on any atom is -0.506 e. The van der Waals surface area contributed by atoms with Crippen molar-refractivity contribution in [1.82, 2.24) is 16.3 Å². The van der Waals surface area contributed by atoms with Crippen molar-refractivity contribution in [2.24, 2.45) is 33.4 Å². The molecule has 12 heteroatoms. The number of nitrogens with one attached hydrogen (secondary N) is 4. The summed E-state index contributed by atoms with van der Waals surface area (Å²) >= 11 is 0. The van der Waals surface area contributed by atoms with Crippen LogP contribution in [-0.4, -0.2) is 22.9 Å². The minimum absolute atomic E-state index is 0.0315. The van der Waals surface area contributed by atoms with Gasteiger partial charge in [0.05, 0.1) is 5.69 Å². The number of hydrazone groups is 2. The van der Waals surface area contributed by atoms with E-state index in [0.29, 0.717) is 0 Å². The third-order valence-corrected chi connectivity index (χ3v) is 2.13. The van der Waals surface area contributed by atoms with Crippen LogP contribution >= 0.6 is 0 Å². The summed E-state index contributed by atoms with van der Waals surface area (Å²) in [4.78, 5) is 11.6. The number of aromatic hydroxyl groups is 1. The van der Waals surface area contributed by atoms with E-state index in [1.165, 1.54) is 18.2 Å². The highest BCUT2D eigenvalue weighted by atomic mass is 16.3. The number of guanidine groups is 2. The summed E-state index contributed by atoms with van der Waals surface area (Å²) in [6.45, 7) is 0. The fourth-order valence-corrected chi connectivity index (χ4v) is 1.19. The Bertz CT molecular complexity index is 566. The van der Waals surface area contributed by atoms with Gasteiger partial charge in [-0.1, -0.05) is 0 Å². The van der Waals surface area contributed by atoms with Crippen LogP contribution in [0.15, 0.2) is 28.4 Å². The number of carbonyl (C=O) groups is 1. The molecule has 0 heterocycles. The Balaban J connectivity index is 2.76. The van der Waals surface area contributed by atoms with Gasteiger partial charge in [0.25, 0.3) is 5.91 Å². The van der Waals surface area contributed by atoms with Crippen LogP contribution in [0.4, 0.5) is 5.69 Å². The van der Waals surface area contributed by atoms with Gasteiger partial charge in [-0.25, -0.2) is 11.3 Å². The van der Waals surface area contributed by atoms with Crippen LogP contribution in [0, 0.1) is 0 Å². The molecule has 13 N–H and O–H groups in total. The number of anilines is 1. The highest BCUT2D eigenvalue weighted by Gasteiger charge is 2.09. The second kappa shape index (κ2) is 7.25. The smallest absolute Gasteiger partial charge is 0.271 e. The molecule has 0 fully saturated rings. The maximum atomic E-state index is 11.6. The topological polar surface area (TPSA) is 214 Å². The number of rotatable bonds is 4. The van der Waals surface area contributed by atoms with Crippen molar-refractivity contribution >= 4 is 23.5 Å². The average Bonchev–Trinajstić information content (AvgIpc) is 2.47. The molecule has 1 aromatic carbocycles. The van der Waals surface area contributed by atoms with Gasteiger partial charge in [-0.3, -0.25) is 21.1 Å². The van der Waals surface area contributed by atoms with E-state index >= 15 is 0 Å². The Hall–Kier alpha value is -3.41. The van der Waals surface area contributed by atoms with Crippen LogP contribution in [0.1, 0.15) is 10.4 Å². The van der Waals surface area contributed by atoms with E-state index in [-0.39, 0.29) is 28.9 Å². The molecular formula is C9H16N10O2. The Kier molecular flexibility index (Phi) is 5.40. The van der Waals surface area contributed by atoms with E-state index in [1.807, 2.05) is 0 Å². The zero-order valence-corrected chi connectivity index (χ0v) is 10.8. The molecule has 12 nitrogen and oxygen atoms in total. The molecule has 0 aromatic heterocycles. The van der Waals surface area contributed by atoms with Gasteiger partial charge in [-0.2, -0.15) is 0 Å². The second-order valence-corrected chi connectivity index (χ2v) is 3.58. The molecule has 0 aliphatic carbocycles. The van der Waals surface area contributed by atoms with Crippen LogP contribution in [-0.2, 0) is 0 Å². The lowest BCUT2D eigenvalue weighted by molar-refractivity contribution is 0.0954. The number of nitrogens with zero attached hydrogens (tertiary/aromatic N) is 2. The standard InChI is InChI=1S/C9H16N10O2/c10-8(11)18-17-7(21)4-1-2-5(6(20)3-4)16-19-9(14-12)15-13/h1-3,16,20H,12-13H2,(H,17,21)(H4,10,11,18)(H2,14,15,19). The van der Waals surface area contributed by atoms with Crippen LogP contribution in [0.3, 0.4) is 0 Å². The summed E-state index contributed by atoms with van der Waals surface area (Å²) in [5.74, 6) is 9.03. The third kappa shape index (κ3) is 4.64. The molecule has 0 saturated carbocycles. The van der Waals surface area contributed by atoms with Crippen molar-refractivity contribution in [3.05, 3.63) is 23.8 Å². The number of nitrogens with two attached hydrogens (primary N) is 4. The van der Waals surface area contributed by atoms with E-state index < -0.39 is 5.91 Å². The highest BCUT2D eigenvalue weighted by Crippen LogP contribution is 2.23. The van der Waals surface area contributed by atoms with E-state index in [0.717, 1.165) is 0 Å². The monoisotopic (exact) mass is 296 g/mol. The summed E-state index contributed by atoms with van der Waals surface area (Å²) in [5.41, 5.74) is 19.9. The number of benzene rings is 1. The lowest BCUT2D eigenvalue weighted by Crippen LogP contribution is -2.44. The molecule has 114 valence electrons. The van der Waals surface area contributed by atoms with Crippen LogP contribution in [0.5, 0.6) is 5.75 Å². The summed E-state index contributed by atoms with van der Waals surface area (Å²) in [5, 5.41) is 16.4. The van der Waals surface area contributed by atoms with Crippen molar-refractivity contribution in [1.29, 1.82) is 0 Å². The SMILES string of the molecule is NN=C(NN)NNc1ccc(C(=O)NN=C(N)N)cc1O. The third-order valence-electron chi connectivity index (χ3n) is 2.13. The van der Waals surface area contributed by atoms with Gasteiger partial charge in [0.1, 0.15) is 5.75 Å². The predicted octanol–water partition coefficient (Wildman–Crippen LogP) is -3.08. The van der Waals surface area contributed by atoms with E-state index in [1.54, 1.807) is 0 Å². The lowest BCUT2D eigenvalue weighted by Gasteiger charge is -2.12. The number of amides is 1. The maximum Gasteiger partial charge on any atom is 0.271 e. The molecule has 1 amide bonds. The van der Waals surface area contributed by atoms with E-state index in [4.69, 9.17) is 23.2 Å². The zero-order chi connectivity index (χ0) is 15.8. The Morgan fingerprint density at radius 1 is 1.29 bits per heavy atom. The van der Waals surface area contributed by atoms with Crippen molar-refractivity contribution in [2.45, 2.75) is 0 Å². The largest absolute Gasteiger partial charge is 0.506 e. The van der Waals surface area contributed by atoms with Crippen LogP contribution in [0.2, 0.25) is 0 Å². The van der Waals surface area contributed by atoms with Gasteiger partial charge in [-0.15, -0.1) is 10.2 Å². The van der Waals surface area contributed by atoms with E-state index in [2.05, 4.69) is 31.9 Å². The predicted molar refractivity (Wildman–Crippen MR) is 77.1 cm³/mol. The van der Waals surface area contributed by atoms with Gasteiger partial charge < -0.3 is 22.4 Å². The molecule has 21 heavy (non-hydrogen) atoms. The first-order valence-electron chi connectivity index (χ1n) is 5.46. The quantitative estimate of drug-likeness (QED) is 0.0903. The molecule has 1 rings (SSSR count). The fourth-order valence-electron chi connectivity index (χ4n) is 1.19. The highest BCUT2D eigenvalue weighted by molar-refractivity contribution is 5.96. The first-order chi connectivity index (χ1) is 9.97. The number of hydrogen-bond donors (Lipinski definition) is 9. The van der Waals surface area contributed by atoms with Gasteiger partial charge in [0, 0.05) is 5.56 Å². The molecule has 0 radical (unpaired) electrons. The Morgan fingerprint density at radius 2 is 2.00 bits per heavy atom.